The maximum Gasteiger partial charge on any atom is 0.227 e. The van der Waals surface area contributed by atoms with E-state index in [0.717, 1.165) is 10.2 Å². The number of rotatable bonds is 4. The molecule has 15 heavy (non-hydrogen) atoms. The van der Waals surface area contributed by atoms with Gasteiger partial charge in [-0.05, 0) is 35.0 Å². The summed E-state index contributed by atoms with van der Waals surface area (Å²) in [6.07, 6.45) is 3.96. The zero-order valence-corrected chi connectivity index (χ0v) is 10.1. The number of carbonyl (C=O) groups is 1. The van der Waals surface area contributed by atoms with Crippen LogP contribution >= 0.6 is 15.9 Å². The van der Waals surface area contributed by atoms with Crippen LogP contribution in [0.15, 0.2) is 22.9 Å². The third kappa shape index (κ3) is 3.60. The molecular formula is C10H14BrN3O. The number of hydrogen-bond donors (Lipinski definition) is 2. The van der Waals surface area contributed by atoms with Crippen LogP contribution in [-0.4, -0.2) is 17.4 Å². The molecule has 1 atom stereocenters. The lowest BCUT2D eigenvalue weighted by Crippen LogP contribution is -2.22. The minimum atomic E-state index is -0.0740. The number of hydrogen-bond acceptors (Lipinski definition) is 3. The van der Waals surface area contributed by atoms with E-state index in [9.17, 15) is 4.79 Å². The lowest BCUT2D eigenvalue weighted by atomic mass is 10.1. The average Bonchev–Trinajstić information content (AvgIpc) is 2.21. The van der Waals surface area contributed by atoms with Crippen LogP contribution < -0.4 is 11.1 Å². The summed E-state index contributed by atoms with van der Waals surface area (Å²) in [6, 6.07) is 1.75. The predicted octanol–water partition coefficient (Wildman–Crippen LogP) is 1.77. The summed E-state index contributed by atoms with van der Waals surface area (Å²) < 4.78 is 0.776. The Morgan fingerprint density at radius 2 is 2.47 bits per heavy atom. The molecule has 0 aliphatic carbocycles. The molecule has 82 valence electrons. The molecule has 3 N–H and O–H groups in total. The van der Waals surface area contributed by atoms with Crippen LogP contribution in [0.2, 0.25) is 0 Å². The summed E-state index contributed by atoms with van der Waals surface area (Å²) in [6.45, 7) is 2.38. The second kappa shape index (κ2) is 5.82. The van der Waals surface area contributed by atoms with Crippen molar-refractivity contribution in [3.63, 3.8) is 0 Å². The van der Waals surface area contributed by atoms with Crippen molar-refractivity contribution in [2.45, 2.75) is 13.3 Å². The Bertz CT molecular complexity index is 343. The molecule has 5 heteroatoms. The molecule has 1 aromatic heterocycles. The van der Waals surface area contributed by atoms with Gasteiger partial charge in [0.2, 0.25) is 5.91 Å². The predicted molar refractivity (Wildman–Crippen MR) is 63.4 cm³/mol. The summed E-state index contributed by atoms with van der Waals surface area (Å²) in [7, 11) is 0. The van der Waals surface area contributed by atoms with Gasteiger partial charge in [-0.15, -0.1) is 0 Å². The molecule has 0 bridgehead atoms. The lowest BCUT2D eigenvalue weighted by Gasteiger charge is -2.11. The van der Waals surface area contributed by atoms with Crippen molar-refractivity contribution in [1.29, 1.82) is 0 Å². The van der Waals surface area contributed by atoms with Gasteiger partial charge in [0.15, 0.2) is 0 Å². The van der Waals surface area contributed by atoms with Gasteiger partial charge >= 0.3 is 0 Å². The van der Waals surface area contributed by atoms with Crippen molar-refractivity contribution in [2.75, 3.05) is 11.9 Å². The molecule has 0 aliphatic rings. The minimum Gasteiger partial charge on any atom is -0.330 e. The summed E-state index contributed by atoms with van der Waals surface area (Å²) in [5.41, 5.74) is 6.13. The van der Waals surface area contributed by atoms with Gasteiger partial charge in [0.1, 0.15) is 0 Å². The zero-order chi connectivity index (χ0) is 11.3. The van der Waals surface area contributed by atoms with Crippen LogP contribution in [0.1, 0.15) is 13.3 Å². The number of halogens is 1. The monoisotopic (exact) mass is 271 g/mol. The molecule has 1 heterocycles. The van der Waals surface area contributed by atoms with Gasteiger partial charge in [0, 0.05) is 18.3 Å². The zero-order valence-electron chi connectivity index (χ0n) is 8.53. The summed E-state index contributed by atoms with van der Waals surface area (Å²) >= 11 is 3.31. The van der Waals surface area contributed by atoms with Crippen LogP contribution in [0.25, 0.3) is 0 Å². The van der Waals surface area contributed by atoms with E-state index in [0.29, 0.717) is 13.0 Å². The van der Waals surface area contributed by atoms with Gasteiger partial charge in [-0.2, -0.15) is 0 Å². The topological polar surface area (TPSA) is 68.0 Å². The van der Waals surface area contributed by atoms with Crippen LogP contribution in [0.4, 0.5) is 5.69 Å². The first-order chi connectivity index (χ1) is 7.15. The van der Waals surface area contributed by atoms with Crippen molar-refractivity contribution in [3.8, 4) is 0 Å². The van der Waals surface area contributed by atoms with Crippen molar-refractivity contribution in [2.24, 2.45) is 11.7 Å². The number of anilines is 1. The van der Waals surface area contributed by atoms with E-state index in [2.05, 4.69) is 26.2 Å². The van der Waals surface area contributed by atoms with Gasteiger partial charge in [-0.3, -0.25) is 9.78 Å². The molecule has 0 fully saturated rings. The standard InChI is InChI=1S/C10H14BrN3O/c1-7(2-4-12)10(15)14-9-3-5-13-6-8(9)11/h3,5-7H,2,4,12H2,1H3,(H,13,14,15). The molecule has 0 radical (unpaired) electrons. The second-order valence-corrected chi connectivity index (χ2v) is 4.18. The highest BCUT2D eigenvalue weighted by Gasteiger charge is 2.12. The normalized spacial score (nSPS) is 12.2. The van der Waals surface area contributed by atoms with Crippen molar-refractivity contribution < 1.29 is 4.79 Å². The maximum absolute atomic E-state index is 11.6. The Balaban J connectivity index is 2.62. The van der Waals surface area contributed by atoms with Crippen molar-refractivity contribution in [1.82, 2.24) is 4.98 Å². The molecule has 0 saturated heterocycles. The highest BCUT2D eigenvalue weighted by molar-refractivity contribution is 9.10. The van der Waals surface area contributed by atoms with Crippen molar-refractivity contribution in [3.05, 3.63) is 22.9 Å². The number of aromatic nitrogens is 1. The number of nitrogens with one attached hydrogen (secondary N) is 1. The number of nitrogens with zero attached hydrogens (tertiary/aromatic N) is 1. The lowest BCUT2D eigenvalue weighted by molar-refractivity contribution is -0.119. The molecule has 1 unspecified atom stereocenters. The fraction of sp³-hybridized carbons (Fsp3) is 0.400. The van der Waals surface area contributed by atoms with Crippen LogP contribution in [-0.2, 0) is 4.79 Å². The Kier molecular flexibility index (Phi) is 4.71. The van der Waals surface area contributed by atoms with E-state index in [1.54, 1.807) is 18.5 Å². The van der Waals surface area contributed by atoms with Gasteiger partial charge in [0.05, 0.1) is 10.2 Å². The summed E-state index contributed by atoms with van der Waals surface area (Å²) in [5, 5.41) is 2.81. The van der Waals surface area contributed by atoms with Gasteiger partial charge in [-0.1, -0.05) is 6.92 Å². The Labute approximate surface area is 97.4 Å². The van der Waals surface area contributed by atoms with Crippen molar-refractivity contribution >= 4 is 27.5 Å². The van der Waals surface area contributed by atoms with E-state index in [-0.39, 0.29) is 11.8 Å². The minimum absolute atomic E-state index is 0.0210. The largest absolute Gasteiger partial charge is 0.330 e. The fourth-order valence-corrected chi connectivity index (χ4v) is 1.46. The molecule has 0 aliphatic heterocycles. The molecule has 1 rings (SSSR count). The first kappa shape index (κ1) is 12.1. The molecule has 1 aromatic rings. The Hall–Kier alpha value is -0.940. The van der Waals surface area contributed by atoms with E-state index < -0.39 is 0 Å². The second-order valence-electron chi connectivity index (χ2n) is 3.32. The van der Waals surface area contributed by atoms with E-state index in [4.69, 9.17) is 5.73 Å². The molecule has 0 spiro atoms. The molecular weight excluding hydrogens is 258 g/mol. The highest BCUT2D eigenvalue weighted by Crippen LogP contribution is 2.20. The third-order valence-electron chi connectivity index (χ3n) is 2.08. The van der Waals surface area contributed by atoms with E-state index in [1.807, 2.05) is 6.92 Å². The first-order valence-electron chi connectivity index (χ1n) is 4.75. The third-order valence-corrected chi connectivity index (χ3v) is 2.71. The number of amides is 1. The van der Waals surface area contributed by atoms with Gasteiger partial charge in [-0.25, -0.2) is 0 Å². The molecule has 1 amide bonds. The quantitative estimate of drug-likeness (QED) is 0.877. The highest BCUT2D eigenvalue weighted by atomic mass is 79.9. The average molecular weight is 272 g/mol. The summed E-state index contributed by atoms with van der Waals surface area (Å²) in [4.78, 5) is 15.6. The number of nitrogens with two attached hydrogens (primary N) is 1. The number of carbonyl (C=O) groups excluding carboxylic acids is 1. The van der Waals surface area contributed by atoms with Crippen LogP contribution in [0, 0.1) is 5.92 Å². The smallest absolute Gasteiger partial charge is 0.227 e. The van der Waals surface area contributed by atoms with E-state index >= 15 is 0 Å². The first-order valence-corrected chi connectivity index (χ1v) is 5.55. The van der Waals surface area contributed by atoms with Crippen LogP contribution in [0.3, 0.4) is 0 Å². The van der Waals surface area contributed by atoms with E-state index in [1.165, 1.54) is 0 Å². The molecule has 0 saturated carbocycles. The fourth-order valence-electron chi connectivity index (χ4n) is 1.11. The molecule has 4 nitrogen and oxygen atoms in total. The van der Waals surface area contributed by atoms with Gasteiger partial charge in [0.25, 0.3) is 0 Å². The number of pyridine rings is 1. The Morgan fingerprint density at radius 3 is 3.07 bits per heavy atom. The summed E-state index contributed by atoms with van der Waals surface area (Å²) in [5.74, 6) is -0.0950. The van der Waals surface area contributed by atoms with Gasteiger partial charge < -0.3 is 11.1 Å². The maximum atomic E-state index is 11.6. The Morgan fingerprint density at radius 1 is 1.73 bits per heavy atom. The van der Waals surface area contributed by atoms with Crippen LogP contribution in [0.5, 0.6) is 0 Å². The molecule has 0 aromatic carbocycles. The SMILES string of the molecule is CC(CCN)C(=O)Nc1ccncc1Br.